The van der Waals surface area contributed by atoms with Gasteiger partial charge in [0.25, 0.3) is 10.0 Å². The van der Waals surface area contributed by atoms with Crippen LogP contribution in [0.1, 0.15) is 21.7 Å². The fraction of sp³-hybridized carbons (Fsp3) is 0.154. The van der Waals surface area contributed by atoms with Gasteiger partial charge in [-0.2, -0.15) is 0 Å². The van der Waals surface area contributed by atoms with E-state index >= 15 is 0 Å². The van der Waals surface area contributed by atoms with Crippen molar-refractivity contribution in [2.45, 2.75) is 18.7 Å². The average molecular weight is 321 g/mol. The molecule has 0 unspecified atom stereocenters. The first-order valence-electron chi connectivity index (χ1n) is 6.28. The van der Waals surface area contributed by atoms with Crippen LogP contribution in [-0.4, -0.2) is 24.3 Å². The number of aromatic nitrogens is 2. The van der Waals surface area contributed by atoms with Gasteiger partial charge in [-0.25, -0.2) is 18.4 Å². The Balaban J connectivity index is 2.15. The van der Waals surface area contributed by atoms with E-state index in [1.54, 1.807) is 19.9 Å². The van der Waals surface area contributed by atoms with Gasteiger partial charge in [0, 0.05) is 17.0 Å². The number of hydrogen-bond donors (Lipinski definition) is 3. The zero-order chi connectivity index (χ0) is 16.3. The fourth-order valence-electron chi connectivity index (χ4n) is 1.75. The second-order valence-electron chi connectivity index (χ2n) is 4.59. The van der Waals surface area contributed by atoms with Crippen molar-refractivity contribution in [1.29, 1.82) is 0 Å². The number of carbonyl (C=O) groups is 1. The standard InChI is InChI=1S/C13H15N5O3S/c1-8-7-9(2)16-13(15-8)17-18-22(20,21)11-5-3-10(4-6-11)12(14)19/h3-7,18H,1-2H3,(H2,14,19)(H,15,16,17). The Morgan fingerprint density at radius 2 is 1.64 bits per heavy atom. The van der Waals surface area contributed by atoms with Gasteiger partial charge in [-0.1, -0.05) is 0 Å². The molecule has 0 aliphatic carbocycles. The van der Waals surface area contributed by atoms with Crippen molar-refractivity contribution in [3.05, 3.63) is 47.3 Å². The number of rotatable bonds is 5. The topological polar surface area (TPSA) is 127 Å². The molecule has 0 aliphatic rings. The molecule has 0 atom stereocenters. The van der Waals surface area contributed by atoms with E-state index in [9.17, 15) is 13.2 Å². The molecule has 22 heavy (non-hydrogen) atoms. The molecule has 9 heteroatoms. The lowest BCUT2D eigenvalue weighted by atomic mass is 10.2. The second kappa shape index (κ2) is 6.08. The van der Waals surface area contributed by atoms with Gasteiger partial charge >= 0.3 is 0 Å². The van der Waals surface area contributed by atoms with Crippen molar-refractivity contribution in [2.24, 2.45) is 5.73 Å². The molecule has 1 aromatic heterocycles. The Morgan fingerprint density at radius 1 is 1.09 bits per heavy atom. The number of sulfonamides is 1. The molecule has 0 saturated carbocycles. The summed E-state index contributed by atoms with van der Waals surface area (Å²) in [7, 11) is -3.82. The minimum atomic E-state index is -3.82. The molecule has 0 bridgehead atoms. The predicted molar refractivity (Wildman–Crippen MR) is 80.4 cm³/mol. The third-order valence-electron chi connectivity index (χ3n) is 2.73. The molecule has 0 spiro atoms. The van der Waals surface area contributed by atoms with Gasteiger partial charge in [0.15, 0.2) is 0 Å². The highest BCUT2D eigenvalue weighted by atomic mass is 32.2. The number of aryl methyl sites for hydroxylation is 2. The van der Waals surface area contributed by atoms with Gasteiger partial charge in [-0.15, -0.1) is 4.83 Å². The summed E-state index contributed by atoms with van der Waals surface area (Å²) >= 11 is 0. The van der Waals surface area contributed by atoms with Crippen molar-refractivity contribution >= 4 is 21.9 Å². The van der Waals surface area contributed by atoms with Crippen LogP contribution in [0.5, 0.6) is 0 Å². The van der Waals surface area contributed by atoms with E-state index in [-0.39, 0.29) is 16.4 Å². The zero-order valence-corrected chi connectivity index (χ0v) is 12.8. The lowest BCUT2D eigenvalue weighted by molar-refractivity contribution is 0.1000. The lowest BCUT2D eigenvalue weighted by Crippen LogP contribution is -2.30. The van der Waals surface area contributed by atoms with E-state index in [4.69, 9.17) is 5.73 Å². The molecule has 2 aromatic rings. The van der Waals surface area contributed by atoms with Crippen LogP contribution in [0.4, 0.5) is 5.95 Å². The summed E-state index contributed by atoms with van der Waals surface area (Å²) in [5, 5.41) is 0. The third kappa shape index (κ3) is 3.77. The van der Waals surface area contributed by atoms with E-state index in [0.717, 1.165) is 0 Å². The monoisotopic (exact) mass is 321 g/mol. The summed E-state index contributed by atoms with van der Waals surface area (Å²) < 4.78 is 24.2. The Bertz CT molecular complexity index is 783. The van der Waals surface area contributed by atoms with Gasteiger partial charge in [0.2, 0.25) is 11.9 Å². The maximum absolute atomic E-state index is 12.1. The molecule has 1 heterocycles. The molecule has 0 fully saturated rings. The number of nitrogens with one attached hydrogen (secondary N) is 2. The van der Waals surface area contributed by atoms with Crippen molar-refractivity contribution < 1.29 is 13.2 Å². The summed E-state index contributed by atoms with van der Waals surface area (Å²) in [6.45, 7) is 3.55. The molecule has 2 rings (SSSR count). The normalized spacial score (nSPS) is 11.2. The molecular formula is C13H15N5O3S. The highest BCUT2D eigenvalue weighted by Crippen LogP contribution is 2.10. The van der Waals surface area contributed by atoms with Crippen molar-refractivity contribution in [1.82, 2.24) is 14.8 Å². The molecular weight excluding hydrogens is 306 g/mol. The molecule has 116 valence electrons. The first kappa shape index (κ1) is 15.9. The van der Waals surface area contributed by atoms with Gasteiger partial charge in [0.05, 0.1) is 4.90 Å². The minimum absolute atomic E-state index is 0.0191. The van der Waals surface area contributed by atoms with E-state index in [2.05, 4.69) is 20.2 Å². The minimum Gasteiger partial charge on any atom is -0.366 e. The van der Waals surface area contributed by atoms with Crippen LogP contribution in [0.2, 0.25) is 0 Å². The second-order valence-corrected chi connectivity index (χ2v) is 6.28. The van der Waals surface area contributed by atoms with Crippen molar-refractivity contribution in [3.8, 4) is 0 Å². The Morgan fingerprint density at radius 3 is 2.14 bits per heavy atom. The fourth-order valence-corrected chi connectivity index (χ4v) is 2.59. The zero-order valence-electron chi connectivity index (χ0n) is 12.0. The molecule has 0 radical (unpaired) electrons. The molecule has 0 saturated heterocycles. The first-order valence-corrected chi connectivity index (χ1v) is 7.76. The summed E-state index contributed by atoms with van der Waals surface area (Å²) in [5.74, 6) is -0.478. The number of hydrogen-bond acceptors (Lipinski definition) is 6. The highest BCUT2D eigenvalue weighted by molar-refractivity contribution is 7.89. The Labute approximate surface area is 127 Å². The molecule has 4 N–H and O–H groups in total. The number of nitrogens with two attached hydrogens (primary N) is 1. The summed E-state index contributed by atoms with van der Waals surface area (Å²) in [5.41, 5.74) is 9.20. The highest BCUT2D eigenvalue weighted by Gasteiger charge is 2.14. The van der Waals surface area contributed by atoms with E-state index in [0.29, 0.717) is 11.4 Å². The number of nitrogens with zero attached hydrogens (tertiary/aromatic N) is 2. The number of hydrazine groups is 1. The summed E-state index contributed by atoms with van der Waals surface area (Å²) in [4.78, 5) is 21.2. The van der Waals surface area contributed by atoms with Gasteiger partial charge in [-0.3, -0.25) is 10.2 Å². The smallest absolute Gasteiger partial charge is 0.257 e. The van der Waals surface area contributed by atoms with Crippen LogP contribution < -0.4 is 16.0 Å². The maximum atomic E-state index is 12.1. The average Bonchev–Trinajstić information content (AvgIpc) is 2.44. The van der Waals surface area contributed by atoms with E-state index < -0.39 is 15.9 Å². The first-order chi connectivity index (χ1) is 10.3. The molecule has 1 amide bonds. The largest absolute Gasteiger partial charge is 0.366 e. The third-order valence-corrected chi connectivity index (χ3v) is 3.99. The Hall–Kier alpha value is -2.52. The van der Waals surface area contributed by atoms with E-state index in [1.807, 2.05) is 0 Å². The number of amides is 1. The molecule has 0 aliphatic heterocycles. The number of primary amides is 1. The van der Waals surface area contributed by atoms with Crippen LogP contribution >= 0.6 is 0 Å². The van der Waals surface area contributed by atoms with Crippen LogP contribution in [-0.2, 0) is 10.0 Å². The number of anilines is 1. The van der Waals surface area contributed by atoms with Crippen LogP contribution in [0.25, 0.3) is 0 Å². The van der Waals surface area contributed by atoms with Crippen molar-refractivity contribution in [2.75, 3.05) is 5.43 Å². The quantitative estimate of drug-likeness (QED) is 0.688. The predicted octanol–water partition coefficient (Wildman–Crippen LogP) is 0.498. The number of benzene rings is 1. The lowest BCUT2D eigenvalue weighted by Gasteiger charge is -2.09. The maximum Gasteiger partial charge on any atom is 0.257 e. The van der Waals surface area contributed by atoms with Gasteiger partial charge < -0.3 is 5.73 Å². The van der Waals surface area contributed by atoms with Gasteiger partial charge in [0.1, 0.15) is 0 Å². The Kier molecular flexibility index (Phi) is 4.38. The number of carbonyl (C=O) groups excluding carboxylic acids is 1. The molecule has 8 nitrogen and oxygen atoms in total. The van der Waals surface area contributed by atoms with E-state index in [1.165, 1.54) is 24.3 Å². The summed E-state index contributed by atoms with van der Waals surface area (Å²) in [6, 6.07) is 7.01. The van der Waals surface area contributed by atoms with Crippen LogP contribution in [0, 0.1) is 13.8 Å². The van der Waals surface area contributed by atoms with Crippen LogP contribution in [0.15, 0.2) is 35.2 Å². The molecule has 1 aromatic carbocycles. The van der Waals surface area contributed by atoms with Gasteiger partial charge in [-0.05, 0) is 44.2 Å². The SMILES string of the molecule is Cc1cc(C)nc(NNS(=O)(=O)c2ccc(C(N)=O)cc2)n1. The van der Waals surface area contributed by atoms with Crippen LogP contribution in [0.3, 0.4) is 0 Å². The summed E-state index contributed by atoms with van der Waals surface area (Å²) in [6.07, 6.45) is 0. The van der Waals surface area contributed by atoms with Crippen molar-refractivity contribution in [3.63, 3.8) is 0 Å².